The zero-order chi connectivity index (χ0) is 40.3. The average Bonchev–Trinajstić information content (AvgIpc) is 3.90. The van der Waals surface area contributed by atoms with Gasteiger partial charge in [-0.1, -0.05) is 158 Å². The third-order valence-electron chi connectivity index (χ3n) is 12.0. The van der Waals surface area contributed by atoms with Crippen molar-refractivity contribution in [2.24, 2.45) is 0 Å². The molecule has 0 atom stereocenters. The maximum Gasteiger partial charge on any atom is 0.136 e. The molecular formula is C58H37NOS. The Morgan fingerprint density at radius 1 is 0.328 bits per heavy atom. The number of thiophene rings is 1. The monoisotopic (exact) mass is 795 g/mol. The van der Waals surface area contributed by atoms with Crippen LogP contribution in [0.2, 0.25) is 0 Å². The summed E-state index contributed by atoms with van der Waals surface area (Å²) in [6.07, 6.45) is 0. The van der Waals surface area contributed by atoms with Gasteiger partial charge < -0.3 is 9.32 Å². The van der Waals surface area contributed by atoms with Gasteiger partial charge in [-0.2, -0.15) is 0 Å². The first kappa shape index (κ1) is 35.2. The van der Waals surface area contributed by atoms with Crippen LogP contribution >= 0.6 is 11.3 Å². The highest BCUT2D eigenvalue weighted by atomic mass is 32.1. The second-order valence-corrected chi connectivity index (χ2v) is 16.7. The van der Waals surface area contributed by atoms with Crippen LogP contribution in [0.3, 0.4) is 0 Å². The Morgan fingerprint density at radius 3 is 1.75 bits per heavy atom. The lowest BCUT2D eigenvalue weighted by Crippen LogP contribution is -2.11. The molecule has 2 nitrogen and oxygen atoms in total. The molecule has 0 aliphatic carbocycles. The molecule has 286 valence electrons. The van der Waals surface area contributed by atoms with Crippen LogP contribution in [-0.2, 0) is 0 Å². The zero-order valence-corrected chi connectivity index (χ0v) is 33.9. The van der Waals surface area contributed by atoms with Crippen LogP contribution < -0.4 is 4.90 Å². The summed E-state index contributed by atoms with van der Waals surface area (Å²) in [6, 6.07) is 81.3. The summed E-state index contributed by atoms with van der Waals surface area (Å²) in [6.45, 7) is 0. The largest absolute Gasteiger partial charge is 0.456 e. The summed E-state index contributed by atoms with van der Waals surface area (Å²) in [4.78, 5) is 2.43. The number of nitrogens with zero attached hydrogens (tertiary/aromatic N) is 1. The Morgan fingerprint density at radius 2 is 0.934 bits per heavy atom. The van der Waals surface area contributed by atoms with Gasteiger partial charge in [-0.3, -0.25) is 0 Å². The minimum atomic E-state index is 0.888. The van der Waals surface area contributed by atoms with Gasteiger partial charge in [-0.15, -0.1) is 11.3 Å². The molecule has 0 amide bonds. The topological polar surface area (TPSA) is 16.4 Å². The smallest absolute Gasteiger partial charge is 0.136 e. The van der Waals surface area contributed by atoms with E-state index in [1.165, 1.54) is 53.2 Å². The van der Waals surface area contributed by atoms with Crippen LogP contribution in [0.15, 0.2) is 229 Å². The highest BCUT2D eigenvalue weighted by Crippen LogP contribution is 2.47. The van der Waals surface area contributed by atoms with Crippen molar-refractivity contribution in [2.45, 2.75) is 0 Å². The van der Waals surface area contributed by atoms with Crippen LogP contribution in [-0.4, -0.2) is 0 Å². The SMILES string of the molecule is c1ccc(-c2ccc(N(c3cccc(-c4cccc5sc6ccccc6c45)c3)c3ccc(-c4cccc5oc6cc7ccccc7cc6c45)cc3-c3ccccc3)cc2)cc1. The van der Waals surface area contributed by atoms with Gasteiger partial charge in [-0.25, -0.2) is 0 Å². The van der Waals surface area contributed by atoms with E-state index in [0.29, 0.717) is 0 Å². The highest BCUT2D eigenvalue weighted by molar-refractivity contribution is 7.25. The van der Waals surface area contributed by atoms with Crippen LogP contribution in [0.4, 0.5) is 17.1 Å². The van der Waals surface area contributed by atoms with Crippen LogP contribution in [0.5, 0.6) is 0 Å². The molecule has 0 fully saturated rings. The van der Waals surface area contributed by atoms with E-state index in [1.54, 1.807) is 0 Å². The first-order valence-corrected chi connectivity index (χ1v) is 21.6. The molecule has 0 bridgehead atoms. The number of rotatable bonds is 7. The van der Waals surface area contributed by atoms with Crippen LogP contribution in [0.25, 0.3) is 97.4 Å². The van der Waals surface area contributed by atoms with Crippen molar-refractivity contribution in [3.63, 3.8) is 0 Å². The first-order valence-electron chi connectivity index (χ1n) is 20.7. The van der Waals surface area contributed by atoms with Gasteiger partial charge in [-0.05, 0) is 116 Å². The lowest BCUT2D eigenvalue weighted by molar-refractivity contribution is 0.669. The van der Waals surface area contributed by atoms with E-state index < -0.39 is 0 Å². The van der Waals surface area contributed by atoms with E-state index in [0.717, 1.165) is 61.3 Å². The number of fused-ring (bicyclic) bond motifs is 7. The van der Waals surface area contributed by atoms with Gasteiger partial charge in [0.2, 0.25) is 0 Å². The molecule has 0 spiro atoms. The number of hydrogen-bond acceptors (Lipinski definition) is 3. The quantitative estimate of drug-likeness (QED) is 0.160. The van der Waals surface area contributed by atoms with E-state index >= 15 is 0 Å². The molecule has 0 radical (unpaired) electrons. The van der Waals surface area contributed by atoms with Crippen molar-refractivity contribution in [3.05, 3.63) is 224 Å². The predicted molar refractivity (Wildman–Crippen MR) is 261 cm³/mol. The Hall–Kier alpha value is -7.72. The molecule has 0 saturated heterocycles. The molecule has 12 aromatic rings. The normalized spacial score (nSPS) is 11.6. The van der Waals surface area contributed by atoms with E-state index in [4.69, 9.17) is 4.42 Å². The third-order valence-corrected chi connectivity index (χ3v) is 13.2. The van der Waals surface area contributed by atoms with Crippen molar-refractivity contribution in [2.75, 3.05) is 4.90 Å². The van der Waals surface area contributed by atoms with Crippen molar-refractivity contribution >= 4 is 81.3 Å². The Kier molecular flexibility index (Phi) is 8.39. The average molecular weight is 796 g/mol. The molecule has 0 N–H and O–H groups in total. The summed E-state index contributed by atoms with van der Waals surface area (Å²) in [5.74, 6) is 0. The van der Waals surface area contributed by atoms with E-state index in [-0.39, 0.29) is 0 Å². The molecule has 0 aliphatic heterocycles. The summed E-state index contributed by atoms with van der Waals surface area (Å²) in [5.41, 5.74) is 14.4. The summed E-state index contributed by atoms with van der Waals surface area (Å²) >= 11 is 1.86. The maximum absolute atomic E-state index is 6.54. The molecule has 0 saturated carbocycles. The molecule has 61 heavy (non-hydrogen) atoms. The number of furan rings is 1. The Balaban J connectivity index is 1.07. The molecule has 0 unspecified atom stereocenters. The van der Waals surface area contributed by atoms with E-state index in [9.17, 15) is 0 Å². The fourth-order valence-corrected chi connectivity index (χ4v) is 10.3. The van der Waals surface area contributed by atoms with Gasteiger partial charge >= 0.3 is 0 Å². The van der Waals surface area contributed by atoms with Crippen LogP contribution in [0, 0.1) is 0 Å². The van der Waals surface area contributed by atoms with E-state index in [1.807, 2.05) is 11.3 Å². The van der Waals surface area contributed by atoms with Gasteiger partial charge in [0.1, 0.15) is 11.2 Å². The summed E-state index contributed by atoms with van der Waals surface area (Å²) < 4.78 is 9.15. The number of anilines is 3. The molecule has 10 aromatic carbocycles. The lowest BCUT2D eigenvalue weighted by atomic mass is 9.93. The van der Waals surface area contributed by atoms with Crippen molar-refractivity contribution in [1.29, 1.82) is 0 Å². The standard InChI is InChI=1S/C58H37NOS/c1-3-14-38(15-4-1)39-28-31-45(32-29-39)59(46-21-11-20-43(34-46)48-24-13-27-56-58(48)49-22-9-10-26-55(49)61-56)52-33-30-44(36-50(52)40-16-5-2-6-17-40)47-23-12-25-53-57(47)51-35-41-18-7-8-19-42(41)37-54(51)60-53/h1-37H. The van der Waals surface area contributed by atoms with Gasteiger partial charge in [0, 0.05) is 47.9 Å². The molecule has 2 aromatic heterocycles. The highest BCUT2D eigenvalue weighted by Gasteiger charge is 2.21. The molecular weight excluding hydrogens is 759 g/mol. The van der Waals surface area contributed by atoms with Gasteiger partial charge in [0.05, 0.1) is 5.69 Å². The van der Waals surface area contributed by atoms with Crippen LogP contribution in [0.1, 0.15) is 0 Å². The maximum atomic E-state index is 6.54. The zero-order valence-electron chi connectivity index (χ0n) is 33.1. The Bertz CT molecular complexity index is 3580. The van der Waals surface area contributed by atoms with Gasteiger partial charge in [0.25, 0.3) is 0 Å². The lowest BCUT2D eigenvalue weighted by Gasteiger charge is -2.29. The Labute approximate surface area is 357 Å². The molecule has 0 aliphatic rings. The second-order valence-electron chi connectivity index (χ2n) is 15.6. The van der Waals surface area contributed by atoms with Crippen molar-refractivity contribution in [1.82, 2.24) is 0 Å². The minimum Gasteiger partial charge on any atom is -0.456 e. The first-order chi connectivity index (χ1) is 30.2. The van der Waals surface area contributed by atoms with Crippen molar-refractivity contribution < 1.29 is 4.42 Å². The van der Waals surface area contributed by atoms with Crippen molar-refractivity contribution in [3.8, 4) is 44.5 Å². The minimum absolute atomic E-state index is 0.888. The summed E-state index contributed by atoms with van der Waals surface area (Å²) in [5, 5.41) is 7.24. The summed E-state index contributed by atoms with van der Waals surface area (Å²) in [7, 11) is 0. The third kappa shape index (κ3) is 6.09. The molecule has 3 heteroatoms. The fourth-order valence-electron chi connectivity index (χ4n) is 9.19. The van der Waals surface area contributed by atoms with Gasteiger partial charge in [0.15, 0.2) is 0 Å². The van der Waals surface area contributed by atoms with E-state index in [2.05, 4.69) is 229 Å². The fraction of sp³-hybridized carbons (Fsp3) is 0. The predicted octanol–water partition coefficient (Wildman–Crippen LogP) is 17.2. The molecule has 2 heterocycles. The molecule has 12 rings (SSSR count). The number of benzene rings is 10. The second kappa shape index (κ2) is 14.5. The number of hydrogen-bond donors (Lipinski definition) is 0.